The fourth-order valence-corrected chi connectivity index (χ4v) is 2.24. The van der Waals surface area contributed by atoms with Crippen LogP contribution < -0.4 is 5.32 Å². The molecule has 0 spiro atoms. The van der Waals surface area contributed by atoms with E-state index in [1.165, 1.54) is 26.1 Å². The molecule has 1 saturated heterocycles. The van der Waals surface area contributed by atoms with Crippen LogP contribution in [0.2, 0.25) is 0 Å². The zero-order chi connectivity index (χ0) is 11.3. The quantitative estimate of drug-likeness (QED) is 0.688. The average molecular weight is 213 g/mol. The fourth-order valence-electron chi connectivity index (χ4n) is 2.24. The molecule has 0 saturated carbocycles. The van der Waals surface area contributed by atoms with E-state index >= 15 is 0 Å². The standard InChI is InChI=1S/C12H27N3/c1-5-6-13-7-8-15-9-11(2)14(4)12(3)10-15/h11-13H,5-10H2,1-4H3. The topological polar surface area (TPSA) is 18.5 Å². The smallest absolute Gasteiger partial charge is 0.0195 e. The lowest BCUT2D eigenvalue weighted by molar-refractivity contribution is 0.0608. The minimum absolute atomic E-state index is 0.694. The minimum atomic E-state index is 0.694. The Hall–Kier alpha value is -0.120. The van der Waals surface area contributed by atoms with Crippen molar-refractivity contribution in [3.8, 4) is 0 Å². The van der Waals surface area contributed by atoms with Gasteiger partial charge in [-0.15, -0.1) is 0 Å². The molecule has 0 amide bonds. The molecule has 0 bridgehead atoms. The van der Waals surface area contributed by atoms with E-state index in [9.17, 15) is 0 Å². The number of piperazine rings is 1. The summed E-state index contributed by atoms with van der Waals surface area (Å²) in [4.78, 5) is 5.06. The number of nitrogens with one attached hydrogen (secondary N) is 1. The SMILES string of the molecule is CCCNCCN1CC(C)N(C)C(C)C1. The maximum absolute atomic E-state index is 3.47. The van der Waals surface area contributed by atoms with Crippen molar-refractivity contribution in [2.75, 3.05) is 39.8 Å². The van der Waals surface area contributed by atoms with Gasteiger partial charge in [0.1, 0.15) is 0 Å². The van der Waals surface area contributed by atoms with E-state index in [1.807, 2.05) is 0 Å². The molecule has 0 radical (unpaired) electrons. The maximum Gasteiger partial charge on any atom is 0.0195 e. The van der Waals surface area contributed by atoms with Crippen LogP contribution in [-0.2, 0) is 0 Å². The number of hydrogen-bond donors (Lipinski definition) is 1. The van der Waals surface area contributed by atoms with E-state index in [0.717, 1.165) is 13.1 Å². The highest BCUT2D eigenvalue weighted by atomic mass is 15.3. The van der Waals surface area contributed by atoms with Crippen molar-refractivity contribution in [1.82, 2.24) is 15.1 Å². The second-order valence-corrected chi connectivity index (χ2v) is 4.87. The summed E-state index contributed by atoms with van der Waals surface area (Å²) >= 11 is 0. The minimum Gasteiger partial charge on any atom is -0.315 e. The molecule has 2 atom stereocenters. The molecule has 1 heterocycles. The van der Waals surface area contributed by atoms with E-state index in [0.29, 0.717) is 12.1 Å². The monoisotopic (exact) mass is 213 g/mol. The molecule has 1 aliphatic heterocycles. The molecule has 3 heteroatoms. The van der Waals surface area contributed by atoms with Crippen molar-refractivity contribution < 1.29 is 0 Å². The van der Waals surface area contributed by atoms with Gasteiger partial charge in [0.25, 0.3) is 0 Å². The van der Waals surface area contributed by atoms with Gasteiger partial charge in [0.15, 0.2) is 0 Å². The summed E-state index contributed by atoms with van der Waals surface area (Å²) < 4.78 is 0. The van der Waals surface area contributed by atoms with Crippen LogP contribution in [0.25, 0.3) is 0 Å². The van der Waals surface area contributed by atoms with Crippen molar-refractivity contribution in [2.45, 2.75) is 39.3 Å². The normalized spacial score (nSPS) is 29.6. The molecule has 2 unspecified atom stereocenters. The van der Waals surface area contributed by atoms with Gasteiger partial charge in [-0.05, 0) is 33.9 Å². The predicted molar refractivity (Wildman–Crippen MR) is 66.3 cm³/mol. The van der Waals surface area contributed by atoms with Crippen molar-refractivity contribution in [3.05, 3.63) is 0 Å². The summed E-state index contributed by atoms with van der Waals surface area (Å²) in [6.07, 6.45) is 1.23. The number of hydrogen-bond acceptors (Lipinski definition) is 3. The Morgan fingerprint density at radius 2 is 1.73 bits per heavy atom. The zero-order valence-corrected chi connectivity index (χ0v) is 10.8. The summed E-state index contributed by atoms with van der Waals surface area (Å²) in [5.41, 5.74) is 0. The first-order valence-corrected chi connectivity index (χ1v) is 6.30. The van der Waals surface area contributed by atoms with Crippen molar-refractivity contribution >= 4 is 0 Å². The zero-order valence-electron chi connectivity index (χ0n) is 10.8. The summed E-state index contributed by atoms with van der Waals surface area (Å²) in [6.45, 7) is 12.8. The molecule has 0 aromatic heterocycles. The maximum atomic E-state index is 3.47. The molecular weight excluding hydrogens is 186 g/mol. The second-order valence-electron chi connectivity index (χ2n) is 4.87. The Bertz CT molecular complexity index is 160. The van der Waals surface area contributed by atoms with E-state index in [1.54, 1.807) is 0 Å². The Balaban J connectivity index is 2.20. The lowest BCUT2D eigenvalue weighted by Gasteiger charge is -2.42. The Morgan fingerprint density at radius 1 is 1.13 bits per heavy atom. The van der Waals surface area contributed by atoms with Gasteiger partial charge >= 0.3 is 0 Å². The van der Waals surface area contributed by atoms with Gasteiger partial charge in [0.05, 0.1) is 0 Å². The number of rotatable bonds is 5. The fraction of sp³-hybridized carbons (Fsp3) is 1.00. The molecule has 3 nitrogen and oxygen atoms in total. The molecule has 1 N–H and O–H groups in total. The summed E-state index contributed by atoms with van der Waals surface area (Å²) in [7, 11) is 2.24. The molecule has 90 valence electrons. The first-order chi connectivity index (χ1) is 7.15. The van der Waals surface area contributed by atoms with Crippen LogP contribution in [0.4, 0.5) is 0 Å². The Labute approximate surface area is 94.8 Å². The Morgan fingerprint density at radius 3 is 2.27 bits per heavy atom. The lowest BCUT2D eigenvalue weighted by Crippen LogP contribution is -2.55. The lowest BCUT2D eigenvalue weighted by atomic mass is 10.1. The van der Waals surface area contributed by atoms with Crippen LogP contribution in [0.5, 0.6) is 0 Å². The van der Waals surface area contributed by atoms with Crippen molar-refractivity contribution in [1.29, 1.82) is 0 Å². The van der Waals surface area contributed by atoms with E-state index in [-0.39, 0.29) is 0 Å². The second kappa shape index (κ2) is 6.46. The molecule has 1 aliphatic rings. The number of likely N-dealkylation sites (N-methyl/N-ethyl adjacent to an activating group) is 1. The van der Waals surface area contributed by atoms with Gasteiger partial charge in [0, 0.05) is 38.3 Å². The van der Waals surface area contributed by atoms with E-state index in [4.69, 9.17) is 0 Å². The highest BCUT2D eigenvalue weighted by molar-refractivity contribution is 4.82. The van der Waals surface area contributed by atoms with Crippen LogP contribution in [-0.4, -0.2) is 61.7 Å². The summed E-state index contributed by atoms with van der Waals surface area (Å²) in [5.74, 6) is 0. The van der Waals surface area contributed by atoms with Crippen molar-refractivity contribution in [2.24, 2.45) is 0 Å². The first-order valence-electron chi connectivity index (χ1n) is 6.30. The Kier molecular flexibility index (Phi) is 5.58. The highest BCUT2D eigenvalue weighted by Gasteiger charge is 2.25. The third-order valence-electron chi connectivity index (χ3n) is 3.47. The van der Waals surface area contributed by atoms with E-state index in [2.05, 4.69) is 42.9 Å². The molecule has 1 rings (SSSR count). The van der Waals surface area contributed by atoms with Gasteiger partial charge in [-0.1, -0.05) is 6.92 Å². The van der Waals surface area contributed by atoms with Gasteiger partial charge in [-0.3, -0.25) is 9.80 Å². The molecule has 1 fully saturated rings. The average Bonchev–Trinajstić information content (AvgIpc) is 2.21. The molecule has 15 heavy (non-hydrogen) atoms. The van der Waals surface area contributed by atoms with E-state index < -0.39 is 0 Å². The highest BCUT2D eigenvalue weighted by Crippen LogP contribution is 2.12. The predicted octanol–water partition coefficient (Wildman–Crippen LogP) is 1.01. The summed E-state index contributed by atoms with van der Waals surface area (Å²) in [5, 5.41) is 3.47. The summed E-state index contributed by atoms with van der Waals surface area (Å²) in [6, 6.07) is 1.39. The van der Waals surface area contributed by atoms with Gasteiger partial charge in [-0.2, -0.15) is 0 Å². The van der Waals surface area contributed by atoms with Crippen LogP contribution in [0.15, 0.2) is 0 Å². The third-order valence-corrected chi connectivity index (χ3v) is 3.47. The van der Waals surface area contributed by atoms with Gasteiger partial charge < -0.3 is 5.32 Å². The van der Waals surface area contributed by atoms with Gasteiger partial charge in [0.2, 0.25) is 0 Å². The van der Waals surface area contributed by atoms with Crippen molar-refractivity contribution in [3.63, 3.8) is 0 Å². The number of nitrogens with zero attached hydrogens (tertiary/aromatic N) is 2. The molecular formula is C12H27N3. The van der Waals surface area contributed by atoms with Gasteiger partial charge in [-0.25, -0.2) is 0 Å². The van der Waals surface area contributed by atoms with Crippen LogP contribution >= 0.6 is 0 Å². The molecule has 0 aromatic rings. The largest absolute Gasteiger partial charge is 0.315 e. The molecule has 0 aromatic carbocycles. The van der Waals surface area contributed by atoms with Crippen LogP contribution in [0, 0.1) is 0 Å². The third kappa shape index (κ3) is 4.09. The first kappa shape index (κ1) is 12.9. The van der Waals surface area contributed by atoms with Crippen LogP contribution in [0.1, 0.15) is 27.2 Å². The van der Waals surface area contributed by atoms with Crippen LogP contribution in [0.3, 0.4) is 0 Å². The molecule has 0 aliphatic carbocycles.